The van der Waals surface area contributed by atoms with Crippen molar-refractivity contribution in [1.29, 1.82) is 0 Å². The topological polar surface area (TPSA) is 83.7 Å². The molecule has 174 valence electrons. The summed E-state index contributed by atoms with van der Waals surface area (Å²) in [7, 11) is -3.71. The molecule has 1 saturated heterocycles. The normalized spacial score (nSPS) is 17.1. The minimum Gasteiger partial charge on any atom is -0.355 e. The Bertz CT molecular complexity index is 1400. The minimum absolute atomic E-state index is 0.0811. The van der Waals surface area contributed by atoms with Crippen molar-refractivity contribution in [3.63, 3.8) is 0 Å². The smallest absolute Gasteiger partial charge is 0.253 e. The third-order valence-corrected chi connectivity index (χ3v) is 9.42. The quantitative estimate of drug-likeness (QED) is 0.406. The predicted molar refractivity (Wildman–Crippen MR) is 131 cm³/mol. The molecule has 7 nitrogen and oxygen atoms in total. The summed E-state index contributed by atoms with van der Waals surface area (Å²) in [6, 6.07) is 23.5. The van der Waals surface area contributed by atoms with Crippen molar-refractivity contribution in [3.05, 3.63) is 84.4 Å². The largest absolute Gasteiger partial charge is 0.355 e. The number of piperazine rings is 1. The maximum absolute atomic E-state index is 13.4. The maximum Gasteiger partial charge on any atom is 0.253 e. The average Bonchev–Trinajstić information content (AvgIpc) is 3.55. The van der Waals surface area contributed by atoms with Crippen molar-refractivity contribution < 1.29 is 17.7 Å². The molecular formula is C25H23N3O4S2. The Hall–Kier alpha value is -3.27. The monoisotopic (exact) mass is 493 g/mol. The number of thiophene rings is 1. The van der Waals surface area contributed by atoms with Crippen molar-refractivity contribution in [2.45, 2.75) is 17.2 Å². The first-order valence-electron chi connectivity index (χ1n) is 10.9. The van der Waals surface area contributed by atoms with Crippen LogP contribution < -0.4 is 0 Å². The molecule has 0 N–H and O–H groups in total. The van der Waals surface area contributed by atoms with Gasteiger partial charge in [-0.25, -0.2) is 8.42 Å². The number of aromatic nitrogens is 1. The Morgan fingerprint density at radius 3 is 2.41 bits per heavy atom. The van der Waals surface area contributed by atoms with Gasteiger partial charge in [-0.15, -0.1) is 11.3 Å². The molecule has 1 aliphatic rings. The van der Waals surface area contributed by atoms with Gasteiger partial charge in [0.15, 0.2) is 5.76 Å². The third kappa shape index (κ3) is 4.29. The van der Waals surface area contributed by atoms with Crippen LogP contribution in [-0.2, 0) is 10.0 Å². The first kappa shape index (κ1) is 22.5. The number of rotatable bonds is 5. The van der Waals surface area contributed by atoms with Crippen LogP contribution in [-0.4, -0.2) is 54.4 Å². The number of nitrogens with zero attached hydrogens (tertiary/aromatic N) is 3. The molecule has 5 rings (SSSR count). The molecule has 1 atom stereocenters. The Kier molecular flexibility index (Phi) is 6.07. The molecule has 2 aromatic heterocycles. The van der Waals surface area contributed by atoms with Crippen LogP contribution in [0.15, 0.2) is 87.6 Å². The van der Waals surface area contributed by atoms with Gasteiger partial charge in [0.25, 0.3) is 15.9 Å². The minimum atomic E-state index is -3.71. The lowest BCUT2D eigenvalue weighted by Gasteiger charge is -2.38. The van der Waals surface area contributed by atoms with Crippen molar-refractivity contribution in [2.75, 3.05) is 19.6 Å². The molecule has 0 unspecified atom stereocenters. The van der Waals surface area contributed by atoms with E-state index in [0.29, 0.717) is 35.0 Å². The summed E-state index contributed by atoms with van der Waals surface area (Å²) in [5, 5.41) is 4.12. The standard InChI is InChI=1S/C25H23N3O4S2/c1-18-17-27(25(29)20-10-6-3-7-11-20)14-15-28(18)34(30,31)24-13-12-23(33-24)22-16-21(26-32-22)19-8-4-2-5-9-19/h2-13,16,18H,14-15,17H2,1H3/t18-/m1/s1. The van der Waals surface area contributed by atoms with Crippen LogP contribution in [0.25, 0.3) is 21.9 Å². The van der Waals surface area contributed by atoms with Crippen molar-refractivity contribution in [3.8, 4) is 21.9 Å². The highest BCUT2D eigenvalue weighted by molar-refractivity contribution is 7.91. The fourth-order valence-corrected chi connectivity index (χ4v) is 7.09. The number of benzene rings is 2. The van der Waals surface area contributed by atoms with Crippen LogP contribution in [0.2, 0.25) is 0 Å². The molecule has 0 bridgehead atoms. The Morgan fingerprint density at radius 1 is 1.00 bits per heavy atom. The molecule has 1 amide bonds. The molecule has 4 aromatic rings. The highest BCUT2D eigenvalue weighted by atomic mass is 32.2. The Labute approximate surface area is 202 Å². The maximum atomic E-state index is 13.4. The molecule has 34 heavy (non-hydrogen) atoms. The van der Waals surface area contributed by atoms with E-state index < -0.39 is 10.0 Å². The molecule has 3 heterocycles. The van der Waals surface area contributed by atoms with Gasteiger partial charge in [0.2, 0.25) is 0 Å². The number of carbonyl (C=O) groups is 1. The molecule has 0 aliphatic carbocycles. The zero-order chi connectivity index (χ0) is 23.7. The summed E-state index contributed by atoms with van der Waals surface area (Å²) in [5.74, 6) is 0.444. The van der Waals surface area contributed by atoms with E-state index in [9.17, 15) is 13.2 Å². The molecule has 0 saturated carbocycles. The fraction of sp³-hybridized carbons (Fsp3) is 0.200. The lowest BCUT2D eigenvalue weighted by Crippen LogP contribution is -2.55. The van der Waals surface area contributed by atoms with Gasteiger partial charge < -0.3 is 9.42 Å². The second-order valence-electron chi connectivity index (χ2n) is 8.14. The number of amides is 1. The summed E-state index contributed by atoms with van der Waals surface area (Å²) in [4.78, 5) is 15.2. The number of hydrogen-bond donors (Lipinski definition) is 0. The number of hydrogen-bond acceptors (Lipinski definition) is 6. The van der Waals surface area contributed by atoms with Crippen molar-refractivity contribution >= 4 is 27.3 Å². The molecule has 0 spiro atoms. The van der Waals surface area contributed by atoms with E-state index in [1.165, 1.54) is 4.31 Å². The zero-order valence-electron chi connectivity index (χ0n) is 18.5. The average molecular weight is 494 g/mol. The van der Waals surface area contributed by atoms with E-state index in [4.69, 9.17) is 4.52 Å². The zero-order valence-corrected chi connectivity index (χ0v) is 20.1. The molecule has 1 aliphatic heterocycles. The van der Waals surface area contributed by atoms with Gasteiger partial charge in [0.1, 0.15) is 9.90 Å². The molecule has 9 heteroatoms. The first-order valence-corrected chi connectivity index (χ1v) is 13.2. The third-order valence-electron chi connectivity index (χ3n) is 5.84. The summed E-state index contributed by atoms with van der Waals surface area (Å²) >= 11 is 1.16. The van der Waals surface area contributed by atoms with Gasteiger partial charge in [0.05, 0.1) is 4.88 Å². The second kappa shape index (κ2) is 9.17. The van der Waals surface area contributed by atoms with Gasteiger partial charge in [-0.05, 0) is 31.2 Å². The molecular weight excluding hydrogens is 470 g/mol. The van der Waals surface area contributed by atoms with Crippen LogP contribution in [0.3, 0.4) is 0 Å². The van der Waals surface area contributed by atoms with E-state index >= 15 is 0 Å². The van der Waals surface area contributed by atoms with Gasteiger partial charge >= 0.3 is 0 Å². The predicted octanol–water partition coefficient (Wildman–Crippen LogP) is 4.61. The van der Waals surface area contributed by atoms with Crippen LogP contribution in [0.1, 0.15) is 17.3 Å². The molecule has 1 fully saturated rings. The fourth-order valence-electron chi connectivity index (χ4n) is 4.09. The van der Waals surface area contributed by atoms with E-state index in [1.54, 1.807) is 29.2 Å². The number of sulfonamides is 1. The second-order valence-corrected chi connectivity index (χ2v) is 11.3. The summed E-state index contributed by atoms with van der Waals surface area (Å²) in [6.45, 7) is 2.76. The van der Waals surface area contributed by atoms with Crippen LogP contribution >= 0.6 is 11.3 Å². The lowest BCUT2D eigenvalue weighted by atomic mass is 10.1. The lowest BCUT2D eigenvalue weighted by molar-refractivity contribution is 0.0642. The van der Waals surface area contributed by atoms with E-state index in [1.807, 2.05) is 61.5 Å². The Morgan fingerprint density at radius 2 is 1.71 bits per heavy atom. The summed E-state index contributed by atoms with van der Waals surface area (Å²) < 4.78 is 34.0. The van der Waals surface area contributed by atoms with Gasteiger partial charge in [-0.1, -0.05) is 53.7 Å². The van der Waals surface area contributed by atoms with Gasteiger partial charge in [0, 0.05) is 42.9 Å². The highest BCUT2D eigenvalue weighted by Gasteiger charge is 2.36. The van der Waals surface area contributed by atoms with Crippen molar-refractivity contribution in [2.24, 2.45) is 0 Å². The number of carbonyl (C=O) groups excluding carboxylic acids is 1. The summed E-state index contributed by atoms with van der Waals surface area (Å²) in [6.07, 6.45) is 0. The van der Waals surface area contributed by atoms with E-state index in [0.717, 1.165) is 16.9 Å². The van der Waals surface area contributed by atoms with Crippen LogP contribution in [0, 0.1) is 0 Å². The van der Waals surface area contributed by atoms with Gasteiger partial charge in [-0.3, -0.25) is 4.79 Å². The van der Waals surface area contributed by atoms with Crippen LogP contribution in [0.4, 0.5) is 0 Å². The summed E-state index contributed by atoms with van der Waals surface area (Å²) in [5.41, 5.74) is 2.23. The highest BCUT2D eigenvalue weighted by Crippen LogP contribution is 2.35. The Balaban J connectivity index is 1.31. The first-order chi connectivity index (χ1) is 16.4. The van der Waals surface area contributed by atoms with Crippen molar-refractivity contribution in [1.82, 2.24) is 14.4 Å². The molecule has 2 aromatic carbocycles. The van der Waals surface area contributed by atoms with E-state index in [-0.39, 0.29) is 22.7 Å². The van der Waals surface area contributed by atoms with E-state index in [2.05, 4.69) is 5.16 Å². The van der Waals surface area contributed by atoms with Crippen LogP contribution in [0.5, 0.6) is 0 Å². The molecule has 0 radical (unpaired) electrons. The SMILES string of the molecule is C[C@@H]1CN(C(=O)c2ccccc2)CCN1S(=O)(=O)c1ccc(-c2cc(-c3ccccc3)no2)s1. The van der Waals surface area contributed by atoms with Gasteiger partial charge in [-0.2, -0.15) is 4.31 Å².